The van der Waals surface area contributed by atoms with E-state index in [1.54, 1.807) is 0 Å². The van der Waals surface area contributed by atoms with Crippen molar-refractivity contribution in [2.24, 2.45) is 17.4 Å². The number of carbonyl (C=O) groups excluding carboxylic acids is 2. The Morgan fingerprint density at radius 2 is 2.10 bits per heavy atom. The van der Waals surface area contributed by atoms with Crippen LogP contribution in [0.5, 0.6) is 0 Å². The summed E-state index contributed by atoms with van der Waals surface area (Å²) in [4.78, 5) is 25.3. The van der Waals surface area contributed by atoms with Gasteiger partial charge < -0.3 is 16.8 Å². The highest BCUT2D eigenvalue weighted by Gasteiger charge is 2.25. The molecule has 1 unspecified atom stereocenters. The smallest absolute Gasteiger partial charge is 0.238 e. The SMILES string of the molecule is NCc1ccccc1NC(=O)CN1CCCC(C(N)=O)C1. The molecule has 6 nitrogen and oxygen atoms in total. The van der Waals surface area contributed by atoms with Crippen LogP contribution in [0.25, 0.3) is 0 Å². The number of rotatable bonds is 5. The molecular weight excluding hydrogens is 268 g/mol. The molecule has 1 fully saturated rings. The first-order chi connectivity index (χ1) is 10.1. The van der Waals surface area contributed by atoms with E-state index in [4.69, 9.17) is 11.5 Å². The van der Waals surface area contributed by atoms with Gasteiger partial charge in [-0.2, -0.15) is 0 Å². The number of benzene rings is 1. The minimum atomic E-state index is -0.284. The molecule has 1 aromatic rings. The van der Waals surface area contributed by atoms with Crippen molar-refractivity contribution < 1.29 is 9.59 Å². The highest BCUT2D eigenvalue weighted by Crippen LogP contribution is 2.17. The zero-order valence-electron chi connectivity index (χ0n) is 12.0. The molecule has 0 radical (unpaired) electrons. The van der Waals surface area contributed by atoms with Gasteiger partial charge in [-0.1, -0.05) is 18.2 Å². The van der Waals surface area contributed by atoms with Crippen LogP contribution in [0.15, 0.2) is 24.3 Å². The van der Waals surface area contributed by atoms with Crippen molar-refractivity contribution in [2.75, 3.05) is 25.0 Å². The van der Waals surface area contributed by atoms with Crippen LogP contribution in [-0.2, 0) is 16.1 Å². The lowest BCUT2D eigenvalue weighted by atomic mass is 9.97. The summed E-state index contributed by atoms with van der Waals surface area (Å²) in [5, 5.41) is 2.88. The highest BCUT2D eigenvalue weighted by atomic mass is 16.2. The van der Waals surface area contributed by atoms with Gasteiger partial charge in [0.25, 0.3) is 0 Å². The van der Waals surface area contributed by atoms with Crippen LogP contribution in [0.1, 0.15) is 18.4 Å². The van der Waals surface area contributed by atoms with E-state index in [1.165, 1.54) is 0 Å². The quantitative estimate of drug-likeness (QED) is 0.725. The van der Waals surface area contributed by atoms with Crippen LogP contribution in [0.2, 0.25) is 0 Å². The van der Waals surface area contributed by atoms with E-state index in [-0.39, 0.29) is 24.3 Å². The van der Waals surface area contributed by atoms with Gasteiger partial charge in [0.15, 0.2) is 0 Å². The minimum Gasteiger partial charge on any atom is -0.369 e. The summed E-state index contributed by atoms with van der Waals surface area (Å²) >= 11 is 0. The number of carbonyl (C=O) groups is 2. The van der Waals surface area contributed by atoms with Crippen LogP contribution in [0, 0.1) is 5.92 Å². The van der Waals surface area contributed by atoms with Crippen LogP contribution >= 0.6 is 0 Å². The van der Waals surface area contributed by atoms with Crippen molar-refractivity contribution in [3.63, 3.8) is 0 Å². The maximum Gasteiger partial charge on any atom is 0.238 e. The zero-order chi connectivity index (χ0) is 15.2. The van der Waals surface area contributed by atoms with Gasteiger partial charge in [-0.3, -0.25) is 14.5 Å². The van der Waals surface area contributed by atoms with Crippen molar-refractivity contribution in [2.45, 2.75) is 19.4 Å². The summed E-state index contributed by atoms with van der Waals surface area (Å²) in [6.07, 6.45) is 1.70. The molecule has 114 valence electrons. The molecule has 0 bridgehead atoms. The number of likely N-dealkylation sites (tertiary alicyclic amines) is 1. The number of piperidine rings is 1. The lowest BCUT2D eigenvalue weighted by Crippen LogP contribution is -2.44. The zero-order valence-corrected chi connectivity index (χ0v) is 12.0. The number of amides is 2. The van der Waals surface area contributed by atoms with E-state index >= 15 is 0 Å². The monoisotopic (exact) mass is 290 g/mol. The summed E-state index contributed by atoms with van der Waals surface area (Å²) in [5.41, 5.74) is 12.6. The largest absolute Gasteiger partial charge is 0.369 e. The van der Waals surface area contributed by atoms with Crippen LogP contribution in [0.3, 0.4) is 0 Å². The normalized spacial score (nSPS) is 19.2. The Morgan fingerprint density at radius 3 is 2.81 bits per heavy atom. The second kappa shape index (κ2) is 7.19. The number of nitrogens with zero attached hydrogens (tertiary/aromatic N) is 1. The maximum absolute atomic E-state index is 12.1. The molecule has 5 N–H and O–H groups in total. The predicted molar refractivity (Wildman–Crippen MR) is 81.3 cm³/mol. The Labute approximate surface area is 124 Å². The molecule has 1 aliphatic heterocycles. The van der Waals surface area contributed by atoms with Gasteiger partial charge in [-0.05, 0) is 31.0 Å². The number of nitrogens with one attached hydrogen (secondary N) is 1. The highest BCUT2D eigenvalue weighted by molar-refractivity contribution is 5.93. The summed E-state index contributed by atoms with van der Waals surface area (Å²) < 4.78 is 0. The fourth-order valence-corrected chi connectivity index (χ4v) is 2.64. The molecule has 1 heterocycles. The Bertz CT molecular complexity index is 518. The van der Waals surface area contributed by atoms with Crippen molar-refractivity contribution in [3.8, 4) is 0 Å². The molecule has 0 aliphatic carbocycles. The van der Waals surface area contributed by atoms with Crippen LogP contribution < -0.4 is 16.8 Å². The first-order valence-electron chi connectivity index (χ1n) is 7.19. The Kier molecular flexibility index (Phi) is 5.30. The molecule has 1 aliphatic rings. The topological polar surface area (TPSA) is 101 Å². The van der Waals surface area contributed by atoms with Crippen molar-refractivity contribution in [1.82, 2.24) is 4.90 Å². The molecule has 6 heteroatoms. The first-order valence-corrected chi connectivity index (χ1v) is 7.19. The van der Waals surface area contributed by atoms with Gasteiger partial charge in [-0.15, -0.1) is 0 Å². The van der Waals surface area contributed by atoms with E-state index in [0.717, 1.165) is 30.6 Å². The summed E-state index contributed by atoms with van der Waals surface area (Å²) in [7, 11) is 0. The van der Waals surface area contributed by atoms with E-state index in [9.17, 15) is 9.59 Å². The van der Waals surface area contributed by atoms with E-state index < -0.39 is 0 Å². The fraction of sp³-hybridized carbons (Fsp3) is 0.467. The van der Waals surface area contributed by atoms with E-state index in [0.29, 0.717) is 13.1 Å². The lowest BCUT2D eigenvalue weighted by Gasteiger charge is -2.30. The summed E-state index contributed by atoms with van der Waals surface area (Å²) in [5.74, 6) is -0.530. The number of anilines is 1. The molecule has 1 aromatic carbocycles. The van der Waals surface area contributed by atoms with Gasteiger partial charge >= 0.3 is 0 Å². The molecule has 0 saturated carbocycles. The van der Waals surface area contributed by atoms with Gasteiger partial charge in [0.1, 0.15) is 0 Å². The molecule has 0 aromatic heterocycles. The third kappa shape index (κ3) is 4.27. The van der Waals surface area contributed by atoms with Crippen molar-refractivity contribution in [3.05, 3.63) is 29.8 Å². The molecule has 2 rings (SSSR count). The summed E-state index contributed by atoms with van der Waals surface area (Å²) in [6, 6.07) is 7.47. The average molecular weight is 290 g/mol. The number of hydrogen-bond donors (Lipinski definition) is 3. The number of para-hydroxylation sites is 1. The van der Waals surface area contributed by atoms with Gasteiger partial charge in [0.2, 0.25) is 11.8 Å². The molecule has 1 saturated heterocycles. The predicted octanol–water partition coefficient (Wildman–Crippen LogP) is 0.281. The van der Waals surface area contributed by atoms with Gasteiger partial charge in [-0.25, -0.2) is 0 Å². The van der Waals surface area contributed by atoms with Crippen LogP contribution in [0.4, 0.5) is 5.69 Å². The Hall–Kier alpha value is -1.92. The molecule has 2 amide bonds. The third-order valence-electron chi connectivity index (χ3n) is 3.79. The molecule has 21 heavy (non-hydrogen) atoms. The number of primary amides is 1. The molecule has 0 spiro atoms. The second-order valence-corrected chi connectivity index (χ2v) is 5.39. The Morgan fingerprint density at radius 1 is 1.33 bits per heavy atom. The van der Waals surface area contributed by atoms with E-state index in [2.05, 4.69) is 5.32 Å². The maximum atomic E-state index is 12.1. The van der Waals surface area contributed by atoms with Gasteiger partial charge in [0, 0.05) is 18.8 Å². The fourth-order valence-electron chi connectivity index (χ4n) is 2.64. The van der Waals surface area contributed by atoms with Crippen LogP contribution in [-0.4, -0.2) is 36.3 Å². The lowest BCUT2D eigenvalue weighted by molar-refractivity contribution is -0.125. The molecule has 1 atom stereocenters. The van der Waals surface area contributed by atoms with Gasteiger partial charge in [0.05, 0.1) is 12.5 Å². The van der Waals surface area contributed by atoms with Crippen molar-refractivity contribution in [1.29, 1.82) is 0 Å². The van der Waals surface area contributed by atoms with Crippen molar-refractivity contribution >= 4 is 17.5 Å². The number of hydrogen-bond acceptors (Lipinski definition) is 4. The first kappa shape index (κ1) is 15.5. The second-order valence-electron chi connectivity index (χ2n) is 5.39. The number of nitrogens with two attached hydrogens (primary N) is 2. The Balaban J connectivity index is 1.91. The average Bonchev–Trinajstić information content (AvgIpc) is 2.48. The third-order valence-corrected chi connectivity index (χ3v) is 3.79. The summed E-state index contributed by atoms with van der Waals surface area (Å²) in [6.45, 7) is 2.02. The standard InChI is InChI=1S/C15H22N4O2/c16-8-11-4-1-2-6-13(11)18-14(20)10-19-7-3-5-12(9-19)15(17)21/h1-2,4,6,12H,3,5,7-10,16H2,(H2,17,21)(H,18,20). The molecular formula is C15H22N4O2. The minimum absolute atomic E-state index is 0.0963. The van der Waals surface area contributed by atoms with E-state index in [1.807, 2.05) is 29.2 Å².